The Labute approximate surface area is 83.9 Å². The van der Waals surface area contributed by atoms with Crippen LogP contribution in [0, 0.1) is 5.82 Å². The predicted octanol–water partition coefficient (Wildman–Crippen LogP) is 2.57. The summed E-state index contributed by atoms with van der Waals surface area (Å²) >= 11 is 0. The predicted molar refractivity (Wildman–Crippen MR) is 56.5 cm³/mol. The molecule has 2 nitrogen and oxygen atoms in total. The first-order chi connectivity index (χ1) is 6.61. The highest BCUT2D eigenvalue weighted by molar-refractivity contribution is 5.79. The number of anilines is 1. The van der Waals surface area contributed by atoms with Crippen molar-refractivity contribution in [2.75, 3.05) is 5.73 Å². The van der Waals surface area contributed by atoms with Crippen molar-refractivity contribution >= 4 is 11.5 Å². The minimum absolute atomic E-state index is 0.0680. The van der Waals surface area contributed by atoms with E-state index in [9.17, 15) is 9.18 Å². The van der Waals surface area contributed by atoms with Gasteiger partial charge in [0.15, 0.2) is 0 Å². The van der Waals surface area contributed by atoms with Gasteiger partial charge in [0, 0.05) is 17.7 Å². The Morgan fingerprint density at radius 3 is 2.43 bits per heavy atom. The van der Waals surface area contributed by atoms with Gasteiger partial charge in [0.2, 0.25) is 0 Å². The number of rotatable bonds is 2. The van der Waals surface area contributed by atoms with Crippen LogP contribution >= 0.6 is 0 Å². The Balaban J connectivity index is 0.000000791. The first kappa shape index (κ1) is 12.6. The number of benzene rings is 1. The Morgan fingerprint density at radius 1 is 1.43 bits per heavy atom. The van der Waals surface area contributed by atoms with Crippen molar-refractivity contribution in [1.82, 2.24) is 0 Å². The van der Waals surface area contributed by atoms with Crippen molar-refractivity contribution in [2.45, 2.75) is 27.2 Å². The second kappa shape index (κ2) is 6.13. The highest BCUT2D eigenvalue weighted by atomic mass is 19.1. The van der Waals surface area contributed by atoms with Gasteiger partial charge in [-0.2, -0.15) is 0 Å². The van der Waals surface area contributed by atoms with Gasteiger partial charge in [-0.3, -0.25) is 4.79 Å². The first-order valence-electron chi connectivity index (χ1n) is 4.63. The van der Waals surface area contributed by atoms with E-state index in [2.05, 4.69) is 0 Å². The zero-order chi connectivity index (χ0) is 11.1. The molecule has 0 aromatic heterocycles. The largest absolute Gasteiger partial charge is 0.398 e. The maximum Gasteiger partial charge on any atom is 0.134 e. The smallest absolute Gasteiger partial charge is 0.134 e. The van der Waals surface area contributed by atoms with Crippen LogP contribution in [0.3, 0.4) is 0 Å². The van der Waals surface area contributed by atoms with Crippen molar-refractivity contribution in [3.8, 4) is 0 Å². The Morgan fingerprint density at radius 2 is 2.00 bits per heavy atom. The number of Topliss-reactive ketones (excluding diaryl/α,β-unsaturated/α-hetero) is 1. The molecule has 0 radical (unpaired) electrons. The molecule has 0 fully saturated rings. The van der Waals surface area contributed by atoms with E-state index in [1.165, 1.54) is 19.1 Å². The lowest BCUT2D eigenvalue weighted by Crippen LogP contribution is -2.03. The summed E-state index contributed by atoms with van der Waals surface area (Å²) in [5, 5.41) is 0. The third-order valence-corrected chi connectivity index (χ3v) is 1.58. The number of ketones is 1. The first-order valence-corrected chi connectivity index (χ1v) is 4.63. The molecule has 0 heterocycles. The van der Waals surface area contributed by atoms with Crippen LogP contribution < -0.4 is 5.73 Å². The molecule has 0 aliphatic rings. The van der Waals surface area contributed by atoms with E-state index in [0.717, 1.165) is 0 Å². The molecule has 78 valence electrons. The normalized spacial score (nSPS) is 8.86. The summed E-state index contributed by atoms with van der Waals surface area (Å²) in [6.07, 6.45) is 0.0680. The van der Waals surface area contributed by atoms with Gasteiger partial charge >= 0.3 is 0 Å². The van der Waals surface area contributed by atoms with E-state index >= 15 is 0 Å². The maximum atomic E-state index is 13.0. The molecule has 0 bridgehead atoms. The van der Waals surface area contributed by atoms with Crippen LogP contribution in [0.15, 0.2) is 18.2 Å². The summed E-state index contributed by atoms with van der Waals surface area (Å²) in [6, 6.07) is 4.41. The Kier molecular flexibility index (Phi) is 5.53. The van der Waals surface area contributed by atoms with Crippen LogP contribution in [0.25, 0.3) is 0 Å². The molecule has 0 aliphatic carbocycles. The Hall–Kier alpha value is -1.38. The van der Waals surface area contributed by atoms with Gasteiger partial charge in [-0.25, -0.2) is 4.39 Å². The van der Waals surface area contributed by atoms with Crippen LogP contribution in [0.1, 0.15) is 26.3 Å². The quantitative estimate of drug-likeness (QED) is 0.740. The summed E-state index contributed by atoms with van der Waals surface area (Å²) < 4.78 is 13.0. The molecule has 0 amide bonds. The number of carbonyl (C=O) groups is 1. The van der Waals surface area contributed by atoms with Crippen LogP contribution in [0.4, 0.5) is 10.1 Å². The van der Waals surface area contributed by atoms with E-state index in [-0.39, 0.29) is 12.2 Å². The van der Waals surface area contributed by atoms with E-state index < -0.39 is 5.82 Å². The number of carbonyl (C=O) groups excluding carboxylic acids is 1. The summed E-state index contributed by atoms with van der Waals surface area (Å²) in [5.41, 5.74) is 6.11. The molecule has 1 aromatic carbocycles. The molecule has 0 atom stereocenters. The topological polar surface area (TPSA) is 43.1 Å². The lowest BCUT2D eigenvalue weighted by molar-refractivity contribution is -0.116. The summed E-state index contributed by atoms with van der Waals surface area (Å²) in [4.78, 5) is 10.7. The number of halogens is 1. The van der Waals surface area contributed by atoms with Crippen molar-refractivity contribution in [3.05, 3.63) is 29.6 Å². The SMILES string of the molecule is CC.CC(=O)Cc1c(N)cccc1F. The second-order valence-corrected chi connectivity index (χ2v) is 2.69. The minimum atomic E-state index is -0.412. The lowest BCUT2D eigenvalue weighted by Gasteiger charge is -2.03. The standard InChI is InChI=1S/C9H10FNO.C2H6/c1-6(12)5-7-8(10)3-2-4-9(7)11;1-2/h2-4H,5,11H2,1H3;1-2H3. The fourth-order valence-electron chi connectivity index (χ4n) is 1.01. The molecule has 14 heavy (non-hydrogen) atoms. The molecule has 0 saturated heterocycles. The van der Waals surface area contributed by atoms with Gasteiger partial charge < -0.3 is 5.73 Å². The number of hydrogen-bond donors (Lipinski definition) is 1. The minimum Gasteiger partial charge on any atom is -0.398 e. The highest BCUT2D eigenvalue weighted by Gasteiger charge is 2.07. The number of nitrogen functional groups attached to an aromatic ring is 1. The van der Waals surface area contributed by atoms with Gasteiger partial charge in [-0.05, 0) is 19.1 Å². The van der Waals surface area contributed by atoms with Crippen molar-refractivity contribution in [2.24, 2.45) is 0 Å². The van der Waals surface area contributed by atoms with Crippen LogP contribution in [-0.4, -0.2) is 5.78 Å². The van der Waals surface area contributed by atoms with Gasteiger partial charge in [-0.1, -0.05) is 19.9 Å². The van der Waals surface area contributed by atoms with Gasteiger partial charge in [0.05, 0.1) is 0 Å². The molecule has 0 spiro atoms. The van der Waals surface area contributed by atoms with E-state index in [1.807, 2.05) is 13.8 Å². The summed E-state index contributed by atoms with van der Waals surface area (Å²) in [5.74, 6) is -0.503. The molecule has 0 saturated carbocycles. The van der Waals surface area contributed by atoms with E-state index in [4.69, 9.17) is 5.73 Å². The average molecular weight is 197 g/mol. The Bertz CT molecular complexity index is 290. The van der Waals surface area contributed by atoms with Crippen LogP contribution in [0.2, 0.25) is 0 Å². The summed E-state index contributed by atoms with van der Waals surface area (Å²) in [6.45, 7) is 5.41. The van der Waals surface area contributed by atoms with Crippen molar-refractivity contribution in [1.29, 1.82) is 0 Å². The molecule has 1 rings (SSSR count). The second-order valence-electron chi connectivity index (χ2n) is 2.69. The van der Waals surface area contributed by atoms with Gasteiger partial charge in [-0.15, -0.1) is 0 Å². The third kappa shape index (κ3) is 3.56. The number of nitrogens with two attached hydrogens (primary N) is 1. The summed E-state index contributed by atoms with van der Waals surface area (Å²) in [7, 11) is 0. The fourth-order valence-corrected chi connectivity index (χ4v) is 1.01. The van der Waals surface area contributed by atoms with Crippen LogP contribution in [-0.2, 0) is 11.2 Å². The van der Waals surface area contributed by atoms with E-state index in [1.54, 1.807) is 6.07 Å². The third-order valence-electron chi connectivity index (χ3n) is 1.58. The van der Waals surface area contributed by atoms with Crippen molar-refractivity contribution < 1.29 is 9.18 Å². The molecule has 1 aromatic rings. The zero-order valence-electron chi connectivity index (χ0n) is 8.80. The van der Waals surface area contributed by atoms with Gasteiger partial charge in [0.25, 0.3) is 0 Å². The molecular weight excluding hydrogens is 181 g/mol. The lowest BCUT2D eigenvalue weighted by atomic mass is 10.1. The molecule has 3 heteroatoms. The van der Waals surface area contributed by atoms with E-state index in [0.29, 0.717) is 11.3 Å². The zero-order valence-corrected chi connectivity index (χ0v) is 8.80. The molecule has 2 N–H and O–H groups in total. The fraction of sp³-hybridized carbons (Fsp3) is 0.364. The van der Waals surface area contributed by atoms with Gasteiger partial charge in [0.1, 0.15) is 11.6 Å². The number of hydrogen-bond acceptors (Lipinski definition) is 2. The van der Waals surface area contributed by atoms with Crippen LogP contribution in [0.5, 0.6) is 0 Å². The molecule has 0 unspecified atom stereocenters. The molecular formula is C11H16FNO. The molecule has 0 aliphatic heterocycles. The van der Waals surface area contributed by atoms with Crippen molar-refractivity contribution in [3.63, 3.8) is 0 Å². The highest BCUT2D eigenvalue weighted by Crippen LogP contribution is 2.15. The maximum absolute atomic E-state index is 13.0. The monoisotopic (exact) mass is 197 g/mol. The average Bonchev–Trinajstić information content (AvgIpc) is 2.15.